The highest BCUT2D eigenvalue weighted by Gasteiger charge is 2.18. The van der Waals surface area contributed by atoms with Crippen LogP contribution in [0, 0.1) is 10.1 Å². The molecule has 2 N–H and O–H groups in total. The molecule has 1 amide bonds. The van der Waals surface area contributed by atoms with Crippen molar-refractivity contribution in [3.8, 4) is 0 Å². The SMILES string of the molecule is Cn1cncc1C(=O)Nc1cc([N+](=O)[O-])ccc1C(=O)O. The lowest BCUT2D eigenvalue weighted by Crippen LogP contribution is -2.17. The molecule has 0 saturated heterocycles. The monoisotopic (exact) mass is 290 g/mol. The van der Waals surface area contributed by atoms with Gasteiger partial charge in [-0.25, -0.2) is 9.78 Å². The molecule has 0 bridgehead atoms. The summed E-state index contributed by atoms with van der Waals surface area (Å²) >= 11 is 0. The topological polar surface area (TPSA) is 127 Å². The van der Waals surface area contributed by atoms with Crippen molar-refractivity contribution in [1.29, 1.82) is 0 Å². The highest BCUT2D eigenvalue weighted by molar-refractivity contribution is 6.07. The molecule has 21 heavy (non-hydrogen) atoms. The first-order valence-corrected chi connectivity index (χ1v) is 5.69. The summed E-state index contributed by atoms with van der Waals surface area (Å²) in [6, 6.07) is 3.13. The molecular weight excluding hydrogens is 280 g/mol. The van der Waals surface area contributed by atoms with Crippen LogP contribution in [0.15, 0.2) is 30.7 Å². The number of benzene rings is 1. The summed E-state index contributed by atoms with van der Waals surface area (Å²) in [4.78, 5) is 36.9. The Morgan fingerprint density at radius 2 is 2.14 bits per heavy atom. The molecule has 0 saturated carbocycles. The number of aromatic nitrogens is 2. The molecule has 9 heteroatoms. The average Bonchev–Trinajstić information content (AvgIpc) is 2.84. The van der Waals surface area contributed by atoms with Crippen LogP contribution >= 0.6 is 0 Å². The molecule has 1 aromatic heterocycles. The Bertz CT molecular complexity index is 737. The maximum Gasteiger partial charge on any atom is 0.337 e. The maximum atomic E-state index is 12.0. The number of amides is 1. The van der Waals surface area contributed by atoms with Crippen LogP contribution in [-0.2, 0) is 7.05 Å². The summed E-state index contributed by atoms with van der Waals surface area (Å²) in [5, 5.41) is 22.1. The highest BCUT2D eigenvalue weighted by atomic mass is 16.6. The van der Waals surface area contributed by atoms with E-state index in [0.717, 1.165) is 18.2 Å². The lowest BCUT2D eigenvalue weighted by Gasteiger charge is -2.08. The van der Waals surface area contributed by atoms with E-state index in [1.807, 2.05) is 0 Å². The van der Waals surface area contributed by atoms with Gasteiger partial charge in [-0.15, -0.1) is 0 Å². The van der Waals surface area contributed by atoms with Crippen molar-refractivity contribution >= 4 is 23.3 Å². The number of hydrogen-bond acceptors (Lipinski definition) is 5. The molecule has 1 heterocycles. The molecule has 2 aromatic rings. The van der Waals surface area contributed by atoms with Crippen molar-refractivity contribution in [3.05, 3.63) is 52.1 Å². The van der Waals surface area contributed by atoms with Gasteiger partial charge in [0.2, 0.25) is 0 Å². The molecule has 0 aliphatic carbocycles. The molecule has 0 fully saturated rings. The van der Waals surface area contributed by atoms with Crippen molar-refractivity contribution < 1.29 is 19.6 Å². The second kappa shape index (κ2) is 5.41. The Balaban J connectivity index is 2.39. The fraction of sp³-hybridized carbons (Fsp3) is 0.0833. The summed E-state index contributed by atoms with van der Waals surface area (Å²) < 4.78 is 1.44. The van der Waals surface area contributed by atoms with Gasteiger partial charge in [0.25, 0.3) is 11.6 Å². The molecule has 0 unspecified atom stereocenters. The van der Waals surface area contributed by atoms with Crippen LogP contribution in [0.5, 0.6) is 0 Å². The fourth-order valence-electron chi connectivity index (χ4n) is 1.70. The van der Waals surface area contributed by atoms with Crippen LogP contribution in [0.1, 0.15) is 20.8 Å². The van der Waals surface area contributed by atoms with E-state index in [1.54, 1.807) is 7.05 Å². The van der Waals surface area contributed by atoms with Crippen LogP contribution in [0.3, 0.4) is 0 Å². The summed E-state index contributed by atoms with van der Waals surface area (Å²) in [5.41, 5.74) is -0.517. The second-order valence-corrected chi connectivity index (χ2v) is 4.14. The molecule has 0 aliphatic heterocycles. The Kier molecular flexibility index (Phi) is 3.65. The van der Waals surface area contributed by atoms with Crippen LogP contribution in [0.4, 0.5) is 11.4 Å². The van der Waals surface area contributed by atoms with Crippen molar-refractivity contribution in [3.63, 3.8) is 0 Å². The number of nitrogens with zero attached hydrogens (tertiary/aromatic N) is 3. The van der Waals surface area contributed by atoms with Gasteiger partial charge in [0.1, 0.15) is 5.69 Å². The molecular formula is C12H10N4O5. The number of carbonyl (C=O) groups is 2. The zero-order valence-electron chi connectivity index (χ0n) is 10.8. The zero-order valence-corrected chi connectivity index (χ0v) is 10.8. The number of nitro benzene ring substituents is 1. The Morgan fingerprint density at radius 1 is 1.43 bits per heavy atom. The lowest BCUT2D eigenvalue weighted by atomic mass is 10.1. The molecule has 108 valence electrons. The number of aromatic carboxylic acids is 1. The molecule has 0 atom stereocenters. The van der Waals surface area contributed by atoms with Crippen molar-refractivity contribution in [2.45, 2.75) is 0 Å². The van der Waals surface area contributed by atoms with E-state index in [4.69, 9.17) is 5.11 Å². The molecule has 0 radical (unpaired) electrons. The predicted molar refractivity (Wildman–Crippen MR) is 71.2 cm³/mol. The lowest BCUT2D eigenvalue weighted by molar-refractivity contribution is -0.384. The third kappa shape index (κ3) is 2.86. The summed E-state index contributed by atoms with van der Waals surface area (Å²) in [7, 11) is 1.59. The third-order valence-electron chi connectivity index (χ3n) is 2.74. The van der Waals surface area contributed by atoms with Gasteiger partial charge >= 0.3 is 5.97 Å². The van der Waals surface area contributed by atoms with Crippen LogP contribution in [-0.4, -0.2) is 31.5 Å². The van der Waals surface area contributed by atoms with Crippen molar-refractivity contribution in [2.24, 2.45) is 7.05 Å². The van der Waals surface area contributed by atoms with Gasteiger partial charge in [-0.2, -0.15) is 0 Å². The number of nitro groups is 1. The normalized spacial score (nSPS) is 10.1. The number of nitrogens with one attached hydrogen (secondary N) is 1. The van der Waals surface area contributed by atoms with E-state index in [0.29, 0.717) is 0 Å². The molecule has 1 aromatic carbocycles. The Labute approximate surface area is 118 Å². The molecule has 0 spiro atoms. The van der Waals surface area contributed by atoms with Crippen LogP contribution < -0.4 is 5.32 Å². The van der Waals surface area contributed by atoms with E-state index in [1.165, 1.54) is 17.1 Å². The fourth-order valence-corrected chi connectivity index (χ4v) is 1.70. The minimum absolute atomic E-state index is 0.150. The van der Waals surface area contributed by atoms with E-state index >= 15 is 0 Å². The first-order valence-electron chi connectivity index (χ1n) is 5.69. The summed E-state index contributed by atoms with van der Waals surface area (Å²) in [6.45, 7) is 0. The number of carboxylic acids is 1. The van der Waals surface area contributed by atoms with Gasteiger partial charge in [0.15, 0.2) is 0 Å². The van der Waals surface area contributed by atoms with Gasteiger partial charge in [-0.3, -0.25) is 14.9 Å². The van der Waals surface area contributed by atoms with E-state index in [9.17, 15) is 19.7 Å². The van der Waals surface area contributed by atoms with Crippen molar-refractivity contribution in [2.75, 3.05) is 5.32 Å². The number of rotatable bonds is 4. The van der Waals surface area contributed by atoms with E-state index in [-0.39, 0.29) is 22.6 Å². The third-order valence-corrected chi connectivity index (χ3v) is 2.74. The number of imidazole rings is 1. The van der Waals surface area contributed by atoms with Crippen molar-refractivity contribution in [1.82, 2.24) is 9.55 Å². The molecule has 0 aliphatic rings. The maximum absolute atomic E-state index is 12.0. The second-order valence-electron chi connectivity index (χ2n) is 4.14. The Hall–Kier alpha value is -3.23. The predicted octanol–water partition coefficient (Wildman–Crippen LogP) is 1.28. The van der Waals surface area contributed by atoms with Gasteiger partial charge in [0.05, 0.1) is 28.7 Å². The van der Waals surface area contributed by atoms with Gasteiger partial charge < -0.3 is 15.0 Å². The summed E-state index contributed by atoms with van der Waals surface area (Å²) in [6.07, 6.45) is 2.70. The first kappa shape index (κ1) is 14.2. The first-order chi connectivity index (χ1) is 9.90. The Morgan fingerprint density at radius 3 is 2.67 bits per heavy atom. The van der Waals surface area contributed by atoms with Crippen LogP contribution in [0.25, 0.3) is 0 Å². The quantitative estimate of drug-likeness (QED) is 0.644. The molecule has 2 rings (SSSR count). The average molecular weight is 290 g/mol. The van der Waals surface area contributed by atoms with Gasteiger partial charge in [-0.05, 0) is 6.07 Å². The highest BCUT2D eigenvalue weighted by Crippen LogP contribution is 2.23. The number of non-ortho nitro benzene ring substituents is 1. The zero-order chi connectivity index (χ0) is 15.6. The van der Waals surface area contributed by atoms with E-state index in [2.05, 4.69) is 10.3 Å². The van der Waals surface area contributed by atoms with Crippen LogP contribution in [0.2, 0.25) is 0 Å². The smallest absolute Gasteiger partial charge is 0.337 e. The molecule has 9 nitrogen and oxygen atoms in total. The number of carboxylic acid groups (broad SMARTS) is 1. The number of anilines is 1. The van der Waals surface area contributed by atoms with Gasteiger partial charge in [0, 0.05) is 19.2 Å². The standard InChI is InChI=1S/C12H10N4O5/c1-15-6-13-5-10(15)11(17)14-9-4-7(16(20)21)2-3-8(9)12(18)19/h2-6H,1H3,(H,14,17)(H,18,19). The minimum Gasteiger partial charge on any atom is -0.478 e. The number of carbonyl (C=O) groups excluding carboxylic acids is 1. The largest absolute Gasteiger partial charge is 0.478 e. The number of hydrogen-bond donors (Lipinski definition) is 2. The van der Waals surface area contributed by atoms with E-state index < -0.39 is 16.8 Å². The van der Waals surface area contributed by atoms with Gasteiger partial charge in [-0.1, -0.05) is 0 Å². The minimum atomic E-state index is -1.30. The summed E-state index contributed by atoms with van der Waals surface area (Å²) in [5.74, 6) is -1.91. The number of aryl methyl sites for hydroxylation is 1.